The van der Waals surface area contributed by atoms with Crippen molar-refractivity contribution in [1.29, 1.82) is 0 Å². The summed E-state index contributed by atoms with van der Waals surface area (Å²) in [6.45, 7) is 1.94. The van der Waals surface area contributed by atoms with Crippen molar-refractivity contribution < 1.29 is 14.3 Å². The third kappa shape index (κ3) is 4.76. The number of nitrogens with zero attached hydrogens (tertiary/aromatic N) is 4. The smallest absolute Gasteiger partial charge is 0.234 e. The van der Waals surface area contributed by atoms with Gasteiger partial charge in [0.15, 0.2) is 5.82 Å². The van der Waals surface area contributed by atoms with Gasteiger partial charge < -0.3 is 14.8 Å². The lowest BCUT2D eigenvalue weighted by Gasteiger charge is -2.10. The van der Waals surface area contributed by atoms with Crippen molar-refractivity contribution in [3.8, 4) is 17.3 Å². The number of anilines is 1. The Morgan fingerprint density at radius 3 is 2.52 bits per heavy atom. The van der Waals surface area contributed by atoms with E-state index in [1.165, 1.54) is 18.1 Å². The van der Waals surface area contributed by atoms with Crippen LogP contribution in [0.1, 0.15) is 5.69 Å². The van der Waals surface area contributed by atoms with Gasteiger partial charge in [0.2, 0.25) is 5.91 Å². The van der Waals surface area contributed by atoms with Crippen LogP contribution in [-0.2, 0) is 4.79 Å². The van der Waals surface area contributed by atoms with Crippen LogP contribution in [0.4, 0.5) is 5.69 Å². The number of benzene rings is 1. The van der Waals surface area contributed by atoms with Gasteiger partial charge in [-0.1, -0.05) is 11.8 Å². The molecule has 1 amide bonds. The third-order valence-corrected chi connectivity index (χ3v) is 4.59. The average Bonchev–Trinajstić information content (AvgIpc) is 3.12. The van der Waals surface area contributed by atoms with Crippen LogP contribution in [0.5, 0.6) is 11.5 Å². The predicted molar refractivity (Wildman–Crippen MR) is 103 cm³/mol. The lowest BCUT2D eigenvalue weighted by molar-refractivity contribution is -0.113. The second kappa shape index (κ2) is 8.54. The molecule has 8 nitrogen and oxygen atoms in total. The number of amides is 1. The van der Waals surface area contributed by atoms with E-state index >= 15 is 0 Å². The molecule has 0 unspecified atom stereocenters. The molecule has 0 aliphatic carbocycles. The van der Waals surface area contributed by atoms with Crippen molar-refractivity contribution in [2.24, 2.45) is 0 Å². The van der Waals surface area contributed by atoms with Crippen molar-refractivity contribution in [1.82, 2.24) is 19.7 Å². The molecule has 0 atom stereocenters. The summed E-state index contributed by atoms with van der Waals surface area (Å²) in [6, 6.07) is 8.89. The lowest BCUT2D eigenvalue weighted by atomic mass is 10.2. The fraction of sp³-hybridized carbons (Fsp3) is 0.222. The van der Waals surface area contributed by atoms with Gasteiger partial charge in [-0.3, -0.25) is 4.79 Å². The Morgan fingerprint density at radius 2 is 1.89 bits per heavy atom. The maximum Gasteiger partial charge on any atom is 0.234 e. The van der Waals surface area contributed by atoms with E-state index in [1.54, 1.807) is 49.4 Å². The zero-order valence-corrected chi connectivity index (χ0v) is 16.0. The number of nitrogens with one attached hydrogen (secondary N) is 1. The van der Waals surface area contributed by atoms with Crippen LogP contribution in [0, 0.1) is 6.92 Å². The Kier molecular flexibility index (Phi) is 5.92. The maximum atomic E-state index is 12.3. The highest BCUT2D eigenvalue weighted by Gasteiger charge is 2.09. The first-order valence-corrected chi connectivity index (χ1v) is 9.06. The number of aromatic nitrogens is 4. The minimum Gasteiger partial charge on any atom is -0.497 e. The molecule has 0 aliphatic heterocycles. The van der Waals surface area contributed by atoms with Crippen molar-refractivity contribution in [3.05, 3.63) is 48.5 Å². The fourth-order valence-electron chi connectivity index (χ4n) is 2.35. The van der Waals surface area contributed by atoms with Gasteiger partial charge in [0, 0.05) is 41.8 Å². The summed E-state index contributed by atoms with van der Waals surface area (Å²) in [7, 11) is 3.12. The summed E-state index contributed by atoms with van der Waals surface area (Å²) in [4.78, 5) is 20.7. The van der Waals surface area contributed by atoms with Gasteiger partial charge in [0.1, 0.15) is 22.9 Å². The highest BCUT2D eigenvalue weighted by Crippen LogP contribution is 2.26. The Hall–Kier alpha value is -3.07. The van der Waals surface area contributed by atoms with Gasteiger partial charge in [-0.25, -0.2) is 14.6 Å². The number of hydrogen-bond donors (Lipinski definition) is 1. The number of aryl methyl sites for hydroxylation is 1. The number of carbonyl (C=O) groups is 1. The molecule has 140 valence electrons. The van der Waals surface area contributed by atoms with Crippen LogP contribution in [0.25, 0.3) is 5.82 Å². The second-order valence-corrected chi connectivity index (χ2v) is 6.53. The normalized spacial score (nSPS) is 10.5. The first-order valence-electron chi connectivity index (χ1n) is 8.08. The molecule has 27 heavy (non-hydrogen) atoms. The van der Waals surface area contributed by atoms with Crippen molar-refractivity contribution >= 4 is 23.4 Å². The zero-order chi connectivity index (χ0) is 19.2. The van der Waals surface area contributed by atoms with Gasteiger partial charge in [0.25, 0.3) is 0 Å². The maximum absolute atomic E-state index is 12.3. The largest absolute Gasteiger partial charge is 0.497 e. The van der Waals surface area contributed by atoms with Crippen LogP contribution >= 0.6 is 11.8 Å². The second-order valence-electron chi connectivity index (χ2n) is 5.54. The molecule has 9 heteroatoms. The summed E-state index contributed by atoms with van der Waals surface area (Å²) in [5.74, 6) is 1.91. The number of ether oxygens (including phenoxy) is 2. The van der Waals surface area contributed by atoms with Gasteiger partial charge >= 0.3 is 0 Å². The molecular weight excluding hydrogens is 366 g/mol. The van der Waals surface area contributed by atoms with Crippen LogP contribution in [-0.4, -0.2) is 45.6 Å². The van der Waals surface area contributed by atoms with E-state index in [-0.39, 0.29) is 11.7 Å². The Morgan fingerprint density at radius 1 is 1.15 bits per heavy atom. The van der Waals surface area contributed by atoms with E-state index in [0.29, 0.717) is 28.0 Å². The van der Waals surface area contributed by atoms with E-state index in [0.717, 1.165) is 5.69 Å². The summed E-state index contributed by atoms with van der Waals surface area (Å²) >= 11 is 1.32. The minimum absolute atomic E-state index is 0.161. The molecule has 2 heterocycles. The number of methoxy groups -OCH3 is 2. The highest BCUT2D eigenvalue weighted by molar-refractivity contribution is 7.99. The van der Waals surface area contributed by atoms with E-state index in [2.05, 4.69) is 20.4 Å². The Bertz CT molecular complexity index is 922. The third-order valence-electron chi connectivity index (χ3n) is 3.66. The minimum atomic E-state index is -0.161. The standard InChI is InChI=1S/C18H19N5O3S/c1-12-4-5-21-23(12)16-9-18(20-11-19-16)27-10-17(24)22-13-6-14(25-2)8-15(7-13)26-3/h4-9,11H,10H2,1-3H3,(H,22,24). The first-order chi connectivity index (χ1) is 13.1. The molecule has 1 aromatic carbocycles. The summed E-state index contributed by atoms with van der Waals surface area (Å²) in [5.41, 5.74) is 1.57. The van der Waals surface area contributed by atoms with Crippen LogP contribution in [0.3, 0.4) is 0 Å². The molecule has 0 saturated heterocycles. The molecule has 0 spiro atoms. The SMILES string of the molecule is COc1cc(NC(=O)CSc2cc(-n3nccc3C)ncn2)cc(OC)c1. The molecule has 0 aliphatic rings. The number of thioether (sulfide) groups is 1. The molecule has 2 aromatic heterocycles. The Balaban J connectivity index is 1.64. The highest BCUT2D eigenvalue weighted by atomic mass is 32.2. The molecule has 1 N–H and O–H groups in total. The summed E-state index contributed by atoms with van der Waals surface area (Å²) in [6.07, 6.45) is 3.17. The van der Waals surface area contributed by atoms with Crippen molar-refractivity contribution in [3.63, 3.8) is 0 Å². The zero-order valence-electron chi connectivity index (χ0n) is 15.2. The van der Waals surface area contributed by atoms with Gasteiger partial charge in [-0.15, -0.1) is 0 Å². The van der Waals surface area contributed by atoms with E-state index in [1.807, 2.05) is 13.0 Å². The number of carbonyl (C=O) groups excluding carboxylic acids is 1. The van der Waals surface area contributed by atoms with Crippen LogP contribution in [0.15, 0.2) is 47.9 Å². The molecule has 0 radical (unpaired) electrons. The quantitative estimate of drug-likeness (QED) is 0.494. The van der Waals surface area contributed by atoms with E-state index in [4.69, 9.17) is 9.47 Å². The first kappa shape index (κ1) is 18.7. The topological polar surface area (TPSA) is 91.2 Å². The van der Waals surface area contributed by atoms with Crippen LogP contribution < -0.4 is 14.8 Å². The molecule has 0 fully saturated rings. The summed E-state index contributed by atoms with van der Waals surface area (Å²) in [5, 5.41) is 7.75. The lowest BCUT2D eigenvalue weighted by Crippen LogP contribution is -2.14. The number of hydrogen-bond acceptors (Lipinski definition) is 7. The predicted octanol–water partition coefficient (Wildman–Crippen LogP) is 2.72. The van der Waals surface area contributed by atoms with Gasteiger partial charge in [0.05, 0.1) is 20.0 Å². The van der Waals surface area contributed by atoms with Gasteiger partial charge in [-0.2, -0.15) is 5.10 Å². The summed E-state index contributed by atoms with van der Waals surface area (Å²) < 4.78 is 12.1. The Labute approximate surface area is 160 Å². The molecule has 0 saturated carbocycles. The van der Waals surface area contributed by atoms with Gasteiger partial charge in [-0.05, 0) is 13.0 Å². The van der Waals surface area contributed by atoms with E-state index in [9.17, 15) is 4.79 Å². The van der Waals surface area contributed by atoms with E-state index < -0.39 is 0 Å². The van der Waals surface area contributed by atoms with Crippen molar-refractivity contribution in [2.75, 3.05) is 25.3 Å². The molecule has 3 aromatic rings. The molecule has 0 bridgehead atoms. The molecular formula is C18H19N5O3S. The average molecular weight is 385 g/mol. The molecule has 3 rings (SSSR count). The van der Waals surface area contributed by atoms with Crippen molar-refractivity contribution in [2.45, 2.75) is 11.9 Å². The monoisotopic (exact) mass is 385 g/mol. The van der Waals surface area contributed by atoms with Crippen LogP contribution in [0.2, 0.25) is 0 Å². The number of rotatable bonds is 7. The fourth-order valence-corrected chi connectivity index (χ4v) is 3.01.